The third-order valence-electron chi connectivity index (χ3n) is 3.54. The molecule has 0 bridgehead atoms. The first-order chi connectivity index (χ1) is 7.77. The van der Waals surface area contributed by atoms with Gasteiger partial charge in [0.15, 0.2) is 0 Å². The molecule has 0 amide bonds. The van der Waals surface area contributed by atoms with E-state index in [-0.39, 0.29) is 0 Å². The Kier molecular flexibility index (Phi) is 4.35. The molecule has 0 saturated carbocycles. The third-order valence-corrected chi connectivity index (χ3v) is 3.54. The Morgan fingerprint density at radius 2 is 1.12 bits per heavy atom. The zero-order valence-corrected chi connectivity index (χ0v) is 12.7. The maximum atomic E-state index is 4.95. The molecule has 0 aromatic carbocycles. The maximum absolute atomic E-state index is 4.95. The summed E-state index contributed by atoms with van der Waals surface area (Å²) in [7, 11) is 0. The van der Waals surface area contributed by atoms with Gasteiger partial charge in [-0.3, -0.25) is 4.98 Å². The molecule has 1 nitrogen and oxygen atoms in total. The molecule has 0 aliphatic rings. The van der Waals surface area contributed by atoms with Crippen LogP contribution in [0.25, 0.3) is 0 Å². The van der Waals surface area contributed by atoms with E-state index in [0.717, 1.165) is 0 Å². The SMILES string of the molecule is Cc1c(C(C)C)nc(C(C)C)c(C(C)C)c1C. The summed E-state index contributed by atoms with van der Waals surface area (Å²) in [6.07, 6.45) is 0. The molecule has 1 rings (SSSR count). The van der Waals surface area contributed by atoms with Crippen LogP contribution in [0, 0.1) is 13.8 Å². The second kappa shape index (κ2) is 5.20. The molecule has 0 spiro atoms. The van der Waals surface area contributed by atoms with E-state index in [1.165, 1.54) is 28.1 Å². The van der Waals surface area contributed by atoms with Crippen molar-refractivity contribution in [3.05, 3.63) is 28.1 Å². The van der Waals surface area contributed by atoms with Gasteiger partial charge in [0.2, 0.25) is 0 Å². The lowest BCUT2D eigenvalue weighted by molar-refractivity contribution is 0.712. The average molecular weight is 233 g/mol. The highest BCUT2D eigenvalue weighted by Crippen LogP contribution is 2.32. The summed E-state index contributed by atoms with van der Waals surface area (Å²) in [5, 5.41) is 0. The Bertz CT molecular complexity index is 400. The molecule has 0 saturated heterocycles. The maximum Gasteiger partial charge on any atom is 0.0469 e. The number of hydrogen-bond acceptors (Lipinski definition) is 1. The largest absolute Gasteiger partial charge is 0.257 e. The fourth-order valence-electron chi connectivity index (χ4n) is 2.59. The molecule has 0 radical (unpaired) electrons. The zero-order chi connectivity index (χ0) is 13.3. The molecule has 1 heterocycles. The lowest BCUT2D eigenvalue weighted by Crippen LogP contribution is -2.11. The predicted molar refractivity (Wildman–Crippen MR) is 76.0 cm³/mol. The minimum absolute atomic E-state index is 0.504. The summed E-state index contributed by atoms with van der Waals surface area (Å²) in [6, 6.07) is 0. The van der Waals surface area contributed by atoms with Crippen LogP contribution in [0.2, 0.25) is 0 Å². The van der Waals surface area contributed by atoms with Crippen molar-refractivity contribution in [1.82, 2.24) is 4.98 Å². The van der Waals surface area contributed by atoms with E-state index in [2.05, 4.69) is 55.4 Å². The Labute approximate surface area is 107 Å². The van der Waals surface area contributed by atoms with Crippen LogP contribution in [-0.2, 0) is 0 Å². The molecule has 96 valence electrons. The van der Waals surface area contributed by atoms with Crippen LogP contribution < -0.4 is 0 Å². The van der Waals surface area contributed by atoms with E-state index in [4.69, 9.17) is 4.98 Å². The third kappa shape index (κ3) is 2.70. The van der Waals surface area contributed by atoms with Gasteiger partial charge in [-0.1, -0.05) is 41.5 Å². The van der Waals surface area contributed by atoms with Crippen molar-refractivity contribution in [2.75, 3.05) is 0 Å². The highest BCUT2D eigenvalue weighted by molar-refractivity contribution is 5.42. The van der Waals surface area contributed by atoms with E-state index >= 15 is 0 Å². The van der Waals surface area contributed by atoms with Crippen molar-refractivity contribution >= 4 is 0 Å². The lowest BCUT2D eigenvalue weighted by Gasteiger charge is -2.23. The van der Waals surface area contributed by atoms with Crippen LogP contribution in [0.4, 0.5) is 0 Å². The molecule has 0 aliphatic carbocycles. The van der Waals surface area contributed by atoms with Gasteiger partial charge in [-0.2, -0.15) is 0 Å². The normalized spacial score (nSPS) is 11.9. The van der Waals surface area contributed by atoms with E-state index < -0.39 is 0 Å². The lowest BCUT2D eigenvalue weighted by atomic mass is 9.87. The Morgan fingerprint density at radius 1 is 0.647 bits per heavy atom. The highest BCUT2D eigenvalue weighted by atomic mass is 14.7. The second-order valence-electron chi connectivity index (χ2n) is 6.01. The van der Waals surface area contributed by atoms with Crippen molar-refractivity contribution < 1.29 is 0 Å². The molecule has 17 heavy (non-hydrogen) atoms. The number of rotatable bonds is 3. The smallest absolute Gasteiger partial charge is 0.0469 e. The molecule has 0 unspecified atom stereocenters. The summed E-state index contributed by atoms with van der Waals surface area (Å²) in [5.41, 5.74) is 6.86. The number of hydrogen-bond donors (Lipinski definition) is 0. The number of nitrogens with zero attached hydrogens (tertiary/aromatic N) is 1. The Hall–Kier alpha value is -0.850. The van der Waals surface area contributed by atoms with Crippen molar-refractivity contribution in [2.24, 2.45) is 0 Å². The van der Waals surface area contributed by atoms with Gasteiger partial charge in [-0.15, -0.1) is 0 Å². The molecule has 0 aliphatic heterocycles. The summed E-state index contributed by atoms with van der Waals surface area (Å²) in [5.74, 6) is 1.57. The van der Waals surface area contributed by atoms with Gasteiger partial charge in [0.05, 0.1) is 0 Å². The van der Waals surface area contributed by atoms with Crippen LogP contribution in [0.15, 0.2) is 0 Å². The first-order valence-corrected chi connectivity index (χ1v) is 6.78. The van der Waals surface area contributed by atoms with Crippen LogP contribution in [0.1, 0.15) is 87.4 Å². The van der Waals surface area contributed by atoms with Gasteiger partial charge in [0, 0.05) is 11.4 Å². The van der Waals surface area contributed by atoms with Gasteiger partial charge in [-0.25, -0.2) is 0 Å². The standard InChI is InChI=1S/C16H27N/c1-9(2)14-12(7)13(8)15(10(3)4)17-16(14)11(5)6/h9-11H,1-8H3. The molecule has 1 aromatic rings. The molecular formula is C16H27N. The monoisotopic (exact) mass is 233 g/mol. The van der Waals surface area contributed by atoms with E-state index in [1.54, 1.807) is 0 Å². The molecule has 0 N–H and O–H groups in total. The molecular weight excluding hydrogens is 206 g/mol. The van der Waals surface area contributed by atoms with Crippen LogP contribution in [-0.4, -0.2) is 4.98 Å². The highest BCUT2D eigenvalue weighted by Gasteiger charge is 2.19. The summed E-state index contributed by atoms with van der Waals surface area (Å²) >= 11 is 0. The molecule has 1 aromatic heterocycles. The van der Waals surface area contributed by atoms with Crippen molar-refractivity contribution in [2.45, 2.75) is 73.1 Å². The van der Waals surface area contributed by atoms with Crippen molar-refractivity contribution in [3.63, 3.8) is 0 Å². The Balaban J connectivity index is 3.57. The van der Waals surface area contributed by atoms with Crippen molar-refractivity contribution in [1.29, 1.82) is 0 Å². The predicted octanol–water partition coefficient (Wildman–Crippen LogP) is 5.07. The van der Waals surface area contributed by atoms with E-state index in [0.29, 0.717) is 17.8 Å². The Morgan fingerprint density at radius 3 is 1.47 bits per heavy atom. The summed E-state index contributed by atoms with van der Waals surface area (Å²) < 4.78 is 0. The molecule has 0 atom stereocenters. The van der Waals surface area contributed by atoms with Crippen molar-refractivity contribution in [3.8, 4) is 0 Å². The van der Waals surface area contributed by atoms with E-state index in [1.807, 2.05) is 0 Å². The molecule has 0 fully saturated rings. The average Bonchev–Trinajstić information content (AvgIpc) is 2.19. The first kappa shape index (κ1) is 14.2. The minimum atomic E-state index is 0.504. The van der Waals surface area contributed by atoms with Gasteiger partial charge >= 0.3 is 0 Å². The zero-order valence-electron chi connectivity index (χ0n) is 12.7. The summed E-state index contributed by atoms with van der Waals surface area (Å²) in [6.45, 7) is 18.0. The van der Waals surface area contributed by atoms with Crippen LogP contribution >= 0.6 is 0 Å². The minimum Gasteiger partial charge on any atom is -0.257 e. The van der Waals surface area contributed by atoms with Gasteiger partial charge in [-0.05, 0) is 48.3 Å². The quantitative estimate of drug-likeness (QED) is 0.710. The van der Waals surface area contributed by atoms with Gasteiger partial charge in [0.1, 0.15) is 0 Å². The van der Waals surface area contributed by atoms with Crippen LogP contribution in [0.3, 0.4) is 0 Å². The first-order valence-electron chi connectivity index (χ1n) is 6.78. The summed E-state index contributed by atoms with van der Waals surface area (Å²) in [4.78, 5) is 4.95. The number of aromatic nitrogens is 1. The fraction of sp³-hybridized carbons (Fsp3) is 0.688. The van der Waals surface area contributed by atoms with Gasteiger partial charge < -0.3 is 0 Å². The fourth-order valence-corrected chi connectivity index (χ4v) is 2.59. The van der Waals surface area contributed by atoms with Crippen LogP contribution in [0.5, 0.6) is 0 Å². The molecule has 1 heteroatoms. The number of pyridine rings is 1. The topological polar surface area (TPSA) is 12.9 Å². The van der Waals surface area contributed by atoms with E-state index in [9.17, 15) is 0 Å². The van der Waals surface area contributed by atoms with Gasteiger partial charge in [0.25, 0.3) is 0 Å². The second-order valence-corrected chi connectivity index (χ2v) is 6.01.